The highest BCUT2D eigenvalue weighted by molar-refractivity contribution is 5.31. The second kappa shape index (κ2) is 5.75. The predicted octanol–water partition coefficient (Wildman–Crippen LogP) is 3.71. The summed E-state index contributed by atoms with van der Waals surface area (Å²) in [5, 5.41) is 8.84. The Hall–Kier alpha value is -1.33. The summed E-state index contributed by atoms with van der Waals surface area (Å²) in [6.45, 7) is 2.31. The first-order valence-electron chi connectivity index (χ1n) is 7.60. The maximum Gasteiger partial charge on any atom is 0.0991 e. The number of rotatable bonds is 2. The molecule has 1 saturated carbocycles. The summed E-state index contributed by atoms with van der Waals surface area (Å²) in [4.78, 5) is 2.69. The van der Waals surface area contributed by atoms with Gasteiger partial charge in [-0.2, -0.15) is 5.26 Å². The Morgan fingerprint density at radius 3 is 2.58 bits per heavy atom. The van der Waals surface area contributed by atoms with Gasteiger partial charge in [0.05, 0.1) is 11.6 Å². The molecule has 100 valence electrons. The van der Waals surface area contributed by atoms with E-state index in [0.717, 1.165) is 24.1 Å². The molecule has 2 heteroatoms. The Morgan fingerprint density at radius 1 is 1.05 bits per heavy atom. The van der Waals surface area contributed by atoms with Gasteiger partial charge in [0, 0.05) is 12.6 Å². The Balaban J connectivity index is 1.68. The number of hydrogen-bond donors (Lipinski definition) is 0. The lowest BCUT2D eigenvalue weighted by atomic mass is 9.78. The molecule has 3 rings (SSSR count). The molecule has 0 N–H and O–H groups in total. The molecule has 1 saturated heterocycles. The van der Waals surface area contributed by atoms with Gasteiger partial charge in [0.1, 0.15) is 0 Å². The number of benzene rings is 1. The van der Waals surface area contributed by atoms with Gasteiger partial charge in [0.15, 0.2) is 0 Å². The number of likely N-dealkylation sites (tertiary alicyclic amines) is 1. The molecule has 0 spiro atoms. The van der Waals surface area contributed by atoms with Gasteiger partial charge < -0.3 is 0 Å². The quantitative estimate of drug-likeness (QED) is 0.804. The molecule has 0 bridgehead atoms. The number of nitrogens with zero attached hydrogens (tertiary/aromatic N) is 2. The minimum absolute atomic E-state index is 0.762. The van der Waals surface area contributed by atoms with E-state index in [9.17, 15) is 0 Å². The SMILES string of the molecule is N#Cc1ccc(CN2CCC[C@H]3CCCC[C@H]32)cc1. The van der Waals surface area contributed by atoms with Gasteiger partial charge in [-0.3, -0.25) is 4.90 Å². The van der Waals surface area contributed by atoms with Crippen molar-refractivity contribution < 1.29 is 0 Å². The zero-order chi connectivity index (χ0) is 13.1. The van der Waals surface area contributed by atoms with Crippen LogP contribution < -0.4 is 0 Å². The van der Waals surface area contributed by atoms with Crippen molar-refractivity contribution in [1.29, 1.82) is 5.26 Å². The van der Waals surface area contributed by atoms with Gasteiger partial charge >= 0.3 is 0 Å². The fourth-order valence-electron chi connectivity index (χ4n) is 3.84. The van der Waals surface area contributed by atoms with Crippen LogP contribution in [0.4, 0.5) is 0 Å². The van der Waals surface area contributed by atoms with Gasteiger partial charge in [-0.05, 0) is 55.8 Å². The largest absolute Gasteiger partial charge is 0.296 e. The fourth-order valence-corrected chi connectivity index (χ4v) is 3.84. The van der Waals surface area contributed by atoms with Gasteiger partial charge in [-0.25, -0.2) is 0 Å². The number of fused-ring (bicyclic) bond motifs is 1. The third-order valence-electron chi connectivity index (χ3n) is 4.83. The third-order valence-corrected chi connectivity index (χ3v) is 4.83. The Labute approximate surface area is 116 Å². The van der Waals surface area contributed by atoms with Crippen molar-refractivity contribution in [3.05, 3.63) is 35.4 Å². The maximum atomic E-state index is 8.84. The summed E-state index contributed by atoms with van der Waals surface area (Å²) in [7, 11) is 0. The first kappa shape index (κ1) is 12.7. The average molecular weight is 254 g/mol. The zero-order valence-electron chi connectivity index (χ0n) is 11.5. The normalized spacial score (nSPS) is 27.5. The van der Waals surface area contributed by atoms with Gasteiger partial charge in [-0.1, -0.05) is 25.0 Å². The van der Waals surface area contributed by atoms with Crippen LogP contribution in [-0.4, -0.2) is 17.5 Å². The van der Waals surface area contributed by atoms with E-state index in [1.807, 2.05) is 12.1 Å². The Kier molecular flexibility index (Phi) is 3.84. The molecule has 2 nitrogen and oxygen atoms in total. The van der Waals surface area contributed by atoms with Crippen molar-refractivity contribution >= 4 is 0 Å². The van der Waals surface area contributed by atoms with Crippen LogP contribution in [0.2, 0.25) is 0 Å². The maximum absolute atomic E-state index is 8.84. The molecule has 0 amide bonds. The molecule has 0 unspecified atom stereocenters. The first-order valence-corrected chi connectivity index (χ1v) is 7.60. The smallest absolute Gasteiger partial charge is 0.0991 e. The molecule has 0 radical (unpaired) electrons. The highest BCUT2D eigenvalue weighted by Gasteiger charge is 2.32. The summed E-state index contributed by atoms with van der Waals surface area (Å²) in [6.07, 6.45) is 8.47. The standard InChI is InChI=1S/C17H22N2/c18-12-14-7-9-15(10-8-14)13-19-11-3-5-16-4-1-2-6-17(16)19/h7-10,16-17H,1-6,11,13H2/t16-,17-/m1/s1. The van der Waals surface area contributed by atoms with Gasteiger partial charge in [0.2, 0.25) is 0 Å². The lowest BCUT2D eigenvalue weighted by molar-refractivity contribution is 0.0547. The molecular weight excluding hydrogens is 232 g/mol. The highest BCUT2D eigenvalue weighted by atomic mass is 15.2. The molecular formula is C17H22N2. The Morgan fingerprint density at radius 2 is 1.79 bits per heavy atom. The fraction of sp³-hybridized carbons (Fsp3) is 0.588. The van der Waals surface area contributed by atoms with Crippen LogP contribution in [0.3, 0.4) is 0 Å². The van der Waals surface area contributed by atoms with Gasteiger partial charge in [0.25, 0.3) is 0 Å². The summed E-state index contributed by atoms with van der Waals surface area (Å²) in [5.74, 6) is 0.945. The first-order chi connectivity index (χ1) is 9.36. The lowest BCUT2D eigenvalue weighted by Gasteiger charge is -2.44. The third kappa shape index (κ3) is 2.82. The minimum atomic E-state index is 0.762. The van der Waals surface area contributed by atoms with Crippen LogP contribution in [-0.2, 0) is 6.54 Å². The van der Waals surface area contributed by atoms with E-state index in [2.05, 4.69) is 23.1 Å². The number of nitriles is 1. The Bertz CT molecular complexity index is 455. The van der Waals surface area contributed by atoms with Crippen molar-refractivity contribution in [2.75, 3.05) is 6.54 Å². The van der Waals surface area contributed by atoms with Crippen molar-refractivity contribution in [3.63, 3.8) is 0 Å². The molecule has 1 aromatic carbocycles. The molecule has 1 aliphatic heterocycles. The van der Waals surface area contributed by atoms with E-state index < -0.39 is 0 Å². The number of piperidine rings is 1. The van der Waals surface area contributed by atoms with E-state index in [1.165, 1.54) is 50.6 Å². The van der Waals surface area contributed by atoms with Crippen LogP contribution in [0.1, 0.15) is 49.7 Å². The van der Waals surface area contributed by atoms with Crippen molar-refractivity contribution in [3.8, 4) is 6.07 Å². The minimum Gasteiger partial charge on any atom is -0.296 e. The van der Waals surface area contributed by atoms with Crippen LogP contribution in [0.25, 0.3) is 0 Å². The summed E-state index contributed by atoms with van der Waals surface area (Å²) in [5.41, 5.74) is 2.11. The van der Waals surface area contributed by atoms with Crippen molar-refractivity contribution in [1.82, 2.24) is 4.90 Å². The summed E-state index contributed by atoms with van der Waals surface area (Å²) in [6, 6.07) is 11.1. The van der Waals surface area contributed by atoms with E-state index >= 15 is 0 Å². The molecule has 1 heterocycles. The number of hydrogen-bond acceptors (Lipinski definition) is 2. The summed E-state index contributed by atoms with van der Waals surface area (Å²) >= 11 is 0. The lowest BCUT2D eigenvalue weighted by Crippen LogP contribution is -2.46. The molecule has 2 atom stereocenters. The average Bonchev–Trinajstić information content (AvgIpc) is 2.48. The van der Waals surface area contributed by atoms with E-state index in [4.69, 9.17) is 5.26 Å². The van der Waals surface area contributed by atoms with E-state index in [1.54, 1.807) is 0 Å². The van der Waals surface area contributed by atoms with Crippen molar-refractivity contribution in [2.24, 2.45) is 5.92 Å². The van der Waals surface area contributed by atoms with Crippen molar-refractivity contribution in [2.45, 2.75) is 51.1 Å². The second-order valence-electron chi connectivity index (χ2n) is 6.03. The van der Waals surface area contributed by atoms with Gasteiger partial charge in [-0.15, -0.1) is 0 Å². The van der Waals surface area contributed by atoms with Crippen LogP contribution in [0, 0.1) is 17.2 Å². The monoisotopic (exact) mass is 254 g/mol. The summed E-state index contributed by atoms with van der Waals surface area (Å²) < 4.78 is 0. The van der Waals surface area contributed by atoms with Crippen LogP contribution in [0.5, 0.6) is 0 Å². The highest BCUT2D eigenvalue weighted by Crippen LogP contribution is 2.35. The molecule has 2 fully saturated rings. The van der Waals surface area contributed by atoms with E-state index in [-0.39, 0.29) is 0 Å². The molecule has 1 aliphatic carbocycles. The van der Waals surface area contributed by atoms with Crippen LogP contribution in [0.15, 0.2) is 24.3 Å². The van der Waals surface area contributed by atoms with Crippen LogP contribution >= 0.6 is 0 Å². The molecule has 1 aromatic rings. The molecule has 19 heavy (non-hydrogen) atoms. The second-order valence-corrected chi connectivity index (χ2v) is 6.03. The van der Waals surface area contributed by atoms with E-state index in [0.29, 0.717) is 0 Å². The zero-order valence-corrected chi connectivity index (χ0v) is 11.5. The molecule has 2 aliphatic rings. The predicted molar refractivity (Wildman–Crippen MR) is 76.5 cm³/mol. The topological polar surface area (TPSA) is 27.0 Å². The molecule has 0 aromatic heterocycles.